The Kier molecular flexibility index (Phi) is 3.99. The van der Waals surface area contributed by atoms with Gasteiger partial charge < -0.3 is 19.1 Å². The first-order valence-electron chi connectivity index (χ1n) is 6.26. The molecule has 1 aliphatic heterocycles. The molecular weight excluding hydrogens is 230 g/mol. The summed E-state index contributed by atoms with van der Waals surface area (Å²) in [6, 6.07) is 7.77. The van der Waals surface area contributed by atoms with Gasteiger partial charge in [0.25, 0.3) is 0 Å². The van der Waals surface area contributed by atoms with E-state index >= 15 is 0 Å². The average molecular weight is 249 g/mol. The maximum atomic E-state index is 10.5. The van der Waals surface area contributed by atoms with Crippen molar-refractivity contribution < 1.29 is 19.1 Å². The minimum atomic E-state index is -1.03. The number of morpholine rings is 1. The summed E-state index contributed by atoms with van der Waals surface area (Å²) in [6.07, 6.45) is -0.0136. The van der Waals surface area contributed by atoms with Crippen LogP contribution in [-0.4, -0.2) is 43.8 Å². The molecule has 1 saturated heterocycles. The van der Waals surface area contributed by atoms with Gasteiger partial charge in [0, 0.05) is 18.0 Å². The molecule has 4 heteroatoms. The van der Waals surface area contributed by atoms with Gasteiger partial charge in [-0.15, -0.1) is 0 Å². The van der Waals surface area contributed by atoms with E-state index in [0.29, 0.717) is 0 Å². The van der Waals surface area contributed by atoms with Crippen molar-refractivity contribution in [3.8, 4) is 0 Å². The third kappa shape index (κ3) is 3.55. The van der Waals surface area contributed by atoms with Gasteiger partial charge in [-0.3, -0.25) is 0 Å². The van der Waals surface area contributed by atoms with Crippen molar-refractivity contribution in [2.45, 2.75) is 13.0 Å². The highest BCUT2D eigenvalue weighted by Gasteiger charge is 2.25. The van der Waals surface area contributed by atoms with Gasteiger partial charge in [0.2, 0.25) is 0 Å². The summed E-state index contributed by atoms with van der Waals surface area (Å²) >= 11 is 0. The Hall–Kier alpha value is -1.39. The van der Waals surface area contributed by atoms with Gasteiger partial charge in [-0.25, -0.2) is 0 Å². The average Bonchev–Trinajstić information content (AvgIpc) is 2.31. The van der Waals surface area contributed by atoms with E-state index in [-0.39, 0.29) is 6.42 Å². The van der Waals surface area contributed by atoms with Crippen LogP contribution in [0.5, 0.6) is 0 Å². The molecule has 1 fully saturated rings. The number of aliphatic carboxylic acids is 1. The fourth-order valence-corrected chi connectivity index (χ4v) is 2.31. The van der Waals surface area contributed by atoms with Crippen LogP contribution in [0.3, 0.4) is 0 Å². The number of carboxylic acids is 1. The predicted molar refractivity (Wildman–Crippen MR) is 65.6 cm³/mol. The monoisotopic (exact) mass is 249 g/mol. The standard InChI is InChI=1S/C14H19NO3/c1-15(6-8-18-9-7-15)11-13-4-2-12(3-5-13)10-14(16)17/h2-5H,6-11H2,1H3. The van der Waals surface area contributed by atoms with Crippen molar-refractivity contribution in [1.29, 1.82) is 0 Å². The molecule has 0 aliphatic carbocycles. The summed E-state index contributed by atoms with van der Waals surface area (Å²) in [6.45, 7) is 4.66. The molecule has 0 bridgehead atoms. The number of likely N-dealkylation sites (N-methyl/N-ethyl adjacent to an activating group) is 1. The molecule has 0 aromatic heterocycles. The Morgan fingerprint density at radius 2 is 1.78 bits per heavy atom. The Balaban J connectivity index is 1.99. The van der Waals surface area contributed by atoms with Crippen molar-refractivity contribution in [1.82, 2.24) is 0 Å². The first-order valence-corrected chi connectivity index (χ1v) is 6.26. The Morgan fingerprint density at radius 3 is 2.33 bits per heavy atom. The van der Waals surface area contributed by atoms with Gasteiger partial charge in [0.15, 0.2) is 0 Å². The molecule has 0 N–H and O–H groups in total. The zero-order valence-corrected chi connectivity index (χ0v) is 10.7. The number of carbonyl (C=O) groups is 1. The van der Waals surface area contributed by atoms with Crippen molar-refractivity contribution in [3.63, 3.8) is 0 Å². The van der Waals surface area contributed by atoms with Gasteiger partial charge in [-0.05, 0) is 5.56 Å². The SMILES string of the molecule is C[N+]1(Cc2ccc(CC(=O)[O-])cc2)CCOCC1. The lowest BCUT2D eigenvalue weighted by molar-refractivity contribution is -0.929. The minimum Gasteiger partial charge on any atom is -0.550 e. The van der Waals surface area contributed by atoms with E-state index < -0.39 is 5.97 Å². The number of nitrogens with zero attached hydrogens (tertiary/aromatic N) is 1. The second kappa shape index (κ2) is 5.50. The maximum absolute atomic E-state index is 10.5. The predicted octanol–water partition coefficient (Wildman–Crippen LogP) is -0.0442. The van der Waals surface area contributed by atoms with Gasteiger partial charge in [0.1, 0.15) is 19.6 Å². The first kappa shape index (κ1) is 13.1. The molecule has 0 atom stereocenters. The normalized spacial score (nSPS) is 18.5. The molecule has 0 saturated carbocycles. The van der Waals surface area contributed by atoms with Crippen LogP contribution in [0.1, 0.15) is 11.1 Å². The third-order valence-electron chi connectivity index (χ3n) is 3.49. The van der Waals surface area contributed by atoms with Crippen LogP contribution >= 0.6 is 0 Å². The van der Waals surface area contributed by atoms with Crippen LogP contribution in [0.15, 0.2) is 24.3 Å². The second-order valence-corrected chi connectivity index (χ2v) is 5.20. The molecule has 4 nitrogen and oxygen atoms in total. The van der Waals surface area contributed by atoms with Crippen LogP contribution in [0.25, 0.3) is 0 Å². The topological polar surface area (TPSA) is 49.4 Å². The summed E-state index contributed by atoms with van der Waals surface area (Å²) in [5, 5.41) is 10.5. The molecule has 0 spiro atoms. The number of benzene rings is 1. The summed E-state index contributed by atoms with van der Waals surface area (Å²) in [5.74, 6) is -1.03. The highest BCUT2D eigenvalue weighted by Crippen LogP contribution is 2.15. The third-order valence-corrected chi connectivity index (χ3v) is 3.49. The Morgan fingerprint density at radius 1 is 1.22 bits per heavy atom. The van der Waals surface area contributed by atoms with E-state index in [1.807, 2.05) is 24.3 Å². The zero-order valence-electron chi connectivity index (χ0n) is 10.7. The maximum Gasteiger partial charge on any atom is 0.104 e. The molecular formula is C14H19NO3. The van der Waals surface area contributed by atoms with Crippen molar-refractivity contribution in [2.24, 2.45) is 0 Å². The fourth-order valence-electron chi connectivity index (χ4n) is 2.31. The molecule has 0 radical (unpaired) electrons. The van der Waals surface area contributed by atoms with Crippen LogP contribution in [0.4, 0.5) is 0 Å². The van der Waals surface area contributed by atoms with Crippen molar-refractivity contribution in [2.75, 3.05) is 33.4 Å². The van der Waals surface area contributed by atoms with E-state index in [4.69, 9.17) is 4.74 Å². The largest absolute Gasteiger partial charge is 0.550 e. The van der Waals surface area contributed by atoms with Gasteiger partial charge >= 0.3 is 0 Å². The number of rotatable bonds is 4. The molecule has 1 aromatic carbocycles. The van der Waals surface area contributed by atoms with E-state index in [0.717, 1.165) is 42.9 Å². The smallest absolute Gasteiger partial charge is 0.104 e. The molecule has 1 aliphatic rings. The second-order valence-electron chi connectivity index (χ2n) is 5.20. The van der Waals surface area contributed by atoms with Crippen LogP contribution in [0, 0.1) is 0 Å². The van der Waals surface area contributed by atoms with Gasteiger partial charge in [0.05, 0.1) is 20.3 Å². The number of hydrogen-bond acceptors (Lipinski definition) is 3. The molecule has 98 valence electrons. The fraction of sp³-hybridized carbons (Fsp3) is 0.500. The summed E-state index contributed by atoms with van der Waals surface area (Å²) < 4.78 is 6.36. The number of carbonyl (C=O) groups excluding carboxylic acids is 1. The molecule has 1 heterocycles. The molecule has 1 aromatic rings. The highest BCUT2D eigenvalue weighted by atomic mass is 16.5. The summed E-state index contributed by atoms with van der Waals surface area (Å²) in [5.41, 5.74) is 2.03. The highest BCUT2D eigenvalue weighted by molar-refractivity contribution is 5.67. The number of quaternary nitrogens is 1. The molecule has 0 unspecified atom stereocenters. The number of hydrogen-bond donors (Lipinski definition) is 0. The molecule has 2 rings (SSSR count). The van der Waals surface area contributed by atoms with Gasteiger partial charge in [-0.2, -0.15) is 0 Å². The Labute approximate surface area is 107 Å². The van der Waals surface area contributed by atoms with E-state index in [9.17, 15) is 9.90 Å². The van der Waals surface area contributed by atoms with Crippen molar-refractivity contribution in [3.05, 3.63) is 35.4 Å². The number of carboxylic acid groups (broad SMARTS) is 1. The zero-order chi connectivity index (χ0) is 13.0. The lowest BCUT2D eigenvalue weighted by atomic mass is 10.1. The summed E-state index contributed by atoms with van der Waals surface area (Å²) in [7, 11) is 2.23. The van der Waals surface area contributed by atoms with Gasteiger partial charge in [-0.1, -0.05) is 24.3 Å². The number of ether oxygens (including phenoxy) is 1. The first-order chi connectivity index (χ1) is 8.57. The lowest BCUT2D eigenvalue weighted by Crippen LogP contribution is -2.51. The van der Waals surface area contributed by atoms with E-state index in [1.165, 1.54) is 5.56 Å². The van der Waals surface area contributed by atoms with Crippen LogP contribution < -0.4 is 5.11 Å². The molecule has 18 heavy (non-hydrogen) atoms. The van der Waals surface area contributed by atoms with Crippen molar-refractivity contribution >= 4 is 5.97 Å². The van der Waals surface area contributed by atoms with Crippen LogP contribution in [0.2, 0.25) is 0 Å². The summed E-state index contributed by atoms with van der Waals surface area (Å²) in [4.78, 5) is 10.5. The Bertz CT molecular complexity index is 408. The molecule has 0 amide bonds. The van der Waals surface area contributed by atoms with Crippen LogP contribution in [-0.2, 0) is 22.5 Å². The lowest BCUT2D eigenvalue weighted by Gasteiger charge is -2.37. The quantitative estimate of drug-likeness (QED) is 0.703. The van der Waals surface area contributed by atoms with E-state index in [1.54, 1.807) is 0 Å². The minimum absolute atomic E-state index is 0.0136. The van der Waals surface area contributed by atoms with E-state index in [2.05, 4.69) is 7.05 Å².